The fourth-order valence-corrected chi connectivity index (χ4v) is 4.10. The van der Waals surface area contributed by atoms with Crippen molar-refractivity contribution in [3.8, 4) is 17.2 Å². The molecule has 160 valence electrons. The van der Waals surface area contributed by atoms with Crippen molar-refractivity contribution in [3.05, 3.63) is 47.4 Å². The van der Waals surface area contributed by atoms with Crippen molar-refractivity contribution in [2.24, 2.45) is 5.92 Å². The van der Waals surface area contributed by atoms with E-state index in [-0.39, 0.29) is 6.09 Å². The van der Waals surface area contributed by atoms with E-state index in [1.165, 1.54) is 0 Å². The van der Waals surface area contributed by atoms with Gasteiger partial charge in [0.1, 0.15) is 16.3 Å². The summed E-state index contributed by atoms with van der Waals surface area (Å²) in [5.74, 6) is 0.295. The van der Waals surface area contributed by atoms with E-state index in [0.29, 0.717) is 36.3 Å². The van der Waals surface area contributed by atoms with E-state index in [4.69, 9.17) is 21.6 Å². The summed E-state index contributed by atoms with van der Waals surface area (Å²) in [7, 11) is 0. The summed E-state index contributed by atoms with van der Waals surface area (Å²) in [5, 5.41) is 15.0. The zero-order valence-electron chi connectivity index (χ0n) is 17.8. The molecule has 1 saturated heterocycles. The molecule has 1 aromatic carbocycles. The summed E-state index contributed by atoms with van der Waals surface area (Å²) in [6.07, 6.45) is 4.28. The number of halogens is 1. The van der Waals surface area contributed by atoms with E-state index in [1.54, 1.807) is 23.2 Å². The number of pyridine rings is 1. The minimum Gasteiger partial charge on any atom is -0.444 e. The van der Waals surface area contributed by atoms with Crippen LogP contribution in [0.3, 0.4) is 0 Å². The lowest BCUT2D eigenvalue weighted by molar-refractivity contribution is 0.0287. The number of amides is 1. The van der Waals surface area contributed by atoms with Crippen molar-refractivity contribution < 1.29 is 9.53 Å². The van der Waals surface area contributed by atoms with E-state index in [9.17, 15) is 4.79 Å². The zero-order valence-corrected chi connectivity index (χ0v) is 18.6. The van der Waals surface area contributed by atoms with Crippen LogP contribution in [0.15, 0.2) is 36.7 Å². The Morgan fingerprint density at radius 3 is 2.74 bits per heavy atom. The molecule has 3 aromatic rings. The number of fused-ring (bicyclic) bond motifs is 1. The van der Waals surface area contributed by atoms with Gasteiger partial charge in [-0.3, -0.25) is 4.68 Å². The monoisotopic (exact) mass is 437 g/mol. The zero-order chi connectivity index (χ0) is 22.2. The SMILES string of the molecule is CC(C)(C)OC(=O)N1CC[C@@H](Cn2cc3c(-c4ccc(C#N)cc4)c(Cl)ncc3n2)C1. The molecule has 0 N–H and O–H groups in total. The fraction of sp³-hybridized carbons (Fsp3) is 0.391. The van der Waals surface area contributed by atoms with Crippen LogP contribution in [0.2, 0.25) is 5.15 Å². The van der Waals surface area contributed by atoms with E-state index in [1.807, 2.05) is 43.8 Å². The molecule has 2 aromatic heterocycles. The van der Waals surface area contributed by atoms with Crippen molar-refractivity contribution in [3.63, 3.8) is 0 Å². The van der Waals surface area contributed by atoms with Gasteiger partial charge in [-0.15, -0.1) is 0 Å². The first-order chi connectivity index (χ1) is 14.7. The molecule has 31 heavy (non-hydrogen) atoms. The van der Waals surface area contributed by atoms with Gasteiger partial charge in [0.25, 0.3) is 0 Å². The van der Waals surface area contributed by atoms with Crippen LogP contribution < -0.4 is 0 Å². The molecule has 0 saturated carbocycles. The molecule has 0 spiro atoms. The van der Waals surface area contributed by atoms with Gasteiger partial charge in [0, 0.05) is 36.8 Å². The summed E-state index contributed by atoms with van der Waals surface area (Å²) in [5.41, 5.74) is 2.54. The Bertz CT molecular complexity index is 1160. The molecule has 1 fully saturated rings. The number of aromatic nitrogens is 3. The molecule has 1 aliphatic rings. The molecular weight excluding hydrogens is 414 g/mol. The molecule has 4 rings (SSSR count). The van der Waals surface area contributed by atoms with Crippen LogP contribution in [0.1, 0.15) is 32.8 Å². The predicted octanol–water partition coefficient (Wildman–Crippen LogP) is 4.88. The topological polar surface area (TPSA) is 84.0 Å². The molecule has 1 amide bonds. The van der Waals surface area contributed by atoms with Crippen molar-refractivity contribution in [2.75, 3.05) is 13.1 Å². The first-order valence-electron chi connectivity index (χ1n) is 10.2. The average molecular weight is 438 g/mol. The average Bonchev–Trinajstić information content (AvgIpc) is 3.34. The lowest BCUT2D eigenvalue weighted by atomic mass is 10.0. The van der Waals surface area contributed by atoms with Gasteiger partial charge < -0.3 is 9.64 Å². The number of nitriles is 1. The molecule has 0 radical (unpaired) electrons. The summed E-state index contributed by atoms with van der Waals surface area (Å²) >= 11 is 6.43. The summed E-state index contributed by atoms with van der Waals surface area (Å²) < 4.78 is 7.39. The Labute approximate surface area is 186 Å². The van der Waals surface area contributed by atoms with Gasteiger partial charge in [-0.05, 0) is 50.8 Å². The van der Waals surface area contributed by atoms with Crippen LogP contribution in [-0.4, -0.2) is 44.4 Å². The van der Waals surface area contributed by atoms with E-state index in [0.717, 1.165) is 28.5 Å². The Hall–Kier alpha value is -3.11. The smallest absolute Gasteiger partial charge is 0.410 e. The van der Waals surface area contributed by atoms with Crippen LogP contribution in [0.5, 0.6) is 0 Å². The maximum Gasteiger partial charge on any atom is 0.410 e. The Kier molecular flexibility index (Phi) is 5.59. The molecular formula is C23H24ClN5O2. The number of hydrogen-bond donors (Lipinski definition) is 0. The Morgan fingerprint density at radius 1 is 1.32 bits per heavy atom. The molecule has 1 atom stereocenters. The van der Waals surface area contributed by atoms with Gasteiger partial charge >= 0.3 is 6.09 Å². The van der Waals surface area contributed by atoms with E-state index < -0.39 is 5.60 Å². The minimum atomic E-state index is -0.497. The van der Waals surface area contributed by atoms with Crippen LogP contribution in [0.4, 0.5) is 4.79 Å². The number of benzene rings is 1. The molecule has 3 heterocycles. The first-order valence-corrected chi connectivity index (χ1v) is 10.6. The largest absolute Gasteiger partial charge is 0.444 e. The van der Waals surface area contributed by atoms with Gasteiger partial charge in [0.05, 0.1) is 17.8 Å². The van der Waals surface area contributed by atoms with Gasteiger partial charge in [-0.1, -0.05) is 23.7 Å². The molecule has 7 nitrogen and oxygen atoms in total. The molecule has 0 bridgehead atoms. The number of likely N-dealkylation sites (tertiary alicyclic amines) is 1. The van der Waals surface area contributed by atoms with Crippen molar-refractivity contribution >= 4 is 28.6 Å². The fourth-order valence-electron chi connectivity index (χ4n) is 3.84. The second-order valence-corrected chi connectivity index (χ2v) is 9.20. The normalized spacial score (nSPS) is 16.5. The number of rotatable bonds is 3. The van der Waals surface area contributed by atoms with E-state index >= 15 is 0 Å². The minimum absolute atomic E-state index is 0.264. The number of carbonyl (C=O) groups is 1. The predicted molar refractivity (Wildman–Crippen MR) is 119 cm³/mol. The Morgan fingerprint density at radius 2 is 2.06 bits per heavy atom. The summed E-state index contributed by atoms with van der Waals surface area (Å²) in [6, 6.07) is 9.39. The molecule has 1 aliphatic heterocycles. The molecule has 8 heteroatoms. The van der Waals surface area contributed by atoms with Crippen molar-refractivity contribution in [2.45, 2.75) is 39.3 Å². The second kappa shape index (κ2) is 8.20. The number of nitrogens with zero attached hydrogens (tertiary/aromatic N) is 5. The number of hydrogen-bond acceptors (Lipinski definition) is 5. The van der Waals surface area contributed by atoms with Crippen LogP contribution >= 0.6 is 11.6 Å². The van der Waals surface area contributed by atoms with Crippen LogP contribution in [0, 0.1) is 17.2 Å². The highest BCUT2D eigenvalue weighted by atomic mass is 35.5. The van der Waals surface area contributed by atoms with Gasteiger partial charge in [0.15, 0.2) is 0 Å². The van der Waals surface area contributed by atoms with Crippen LogP contribution in [0.25, 0.3) is 22.0 Å². The third-order valence-electron chi connectivity index (χ3n) is 5.25. The first kappa shape index (κ1) is 21.1. The van der Waals surface area contributed by atoms with Gasteiger partial charge in [0.2, 0.25) is 0 Å². The van der Waals surface area contributed by atoms with Crippen molar-refractivity contribution in [1.82, 2.24) is 19.7 Å². The number of ether oxygens (including phenoxy) is 1. The lowest BCUT2D eigenvalue weighted by Crippen LogP contribution is -2.35. The quantitative estimate of drug-likeness (QED) is 0.545. The van der Waals surface area contributed by atoms with Gasteiger partial charge in [-0.25, -0.2) is 9.78 Å². The number of carbonyl (C=O) groups excluding carboxylic acids is 1. The third kappa shape index (κ3) is 4.64. The highest BCUT2D eigenvalue weighted by Gasteiger charge is 2.30. The second-order valence-electron chi connectivity index (χ2n) is 8.84. The Balaban J connectivity index is 1.54. The maximum atomic E-state index is 12.3. The maximum absolute atomic E-state index is 12.3. The van der Waals surface area contributed by atoms with Gasteiger partial charge in [-0.2, -0.15) is 10.4 Å². The summed E-state index contributed by atoms with van der Waals surface area (Å²) in [4.78, 5) is 18.4. The van der Waals surface area contributed by atoms with Crippen molar-refractivity contribution in [1.29, 1.82) is 5.26 Å². The van der Waals surface area contributed by atoms with E-state index in [2.05, 4.69) is 16.2 Å². The third-order valence-corrected chi connectivity index (χ3v) is 5.54. The standard InChI is InChI=1S/C23H24ClN5O2/c1-23(2,3)31-22(30)28-9-8-16(12-28)13-29-14-18-19(27-29)11-26-21(24)20(18)17-6-4-15(10-25)5-7-17/h4-7,11,14,16H,8-9,12-13H2,1-3H3/t16-/m1/s1. The van der Waals surface area contributed by atoms with Crippen LogP contribution in [-0.2, 0) is 11.3 Å². The lowest BCUT2D eigenvalue weighted by Gasteiger charge is -2.24. The molecule has 0 aliphatic carbocycles. The summed E-state index contributed by atoms with van der Waals surface area (Å²) in [6.45, 7) is 7.64. The highest BCUT2D eigenvalue weighted by Crippen LogP contribution is 2.34. The molecule has 0 unspecified atom stereocenters. The highest BCUT2D eigenvalue weighted by molar-refractivity contribution is 6.33.